The molecule has 0 heterocycles. The molecule has 0 saturated heterocycles. The van der Waals surface area contributed by atoms with Crippen LogP contribution >= 0.6 is 0 Å². The Balaban J connectivity index is 2.65. The summed E-state index contributed by atoms with van der Waals surface area (Å²) in [6.07, 6.45) is 8.61. The molecule has 1 fully saturated rings. The number of rotatable bonds is 7. The van der Waals surface area contributed by atoms with Crippen LogP contribution in [0.3, 0.4) is 0 Å². The van der Waals surface area contributed by atoms with E-state index in [-0.39, 0.29) is 11.3 Å². The summed E-state index contributed by atoms with van der Waals surface area (Å²) in [6.45, 7) is 4.42. The summed E-state index contributed by atoms with van der Waals surface area (Å²) < 4.78 is 23.5. The summed E-state index contributed by atoms with van der Waals surface area (Å²) >= 11 is 0. The van der Waals surface area contributed by atoms with Gasteiger partial charge in [0.2, 0.25) is 0 Å². The zero-order chi connectivity index (χ0) is 14.5. The number of nitrogens with one attached hydrogen (secondary N) is 1. The molecular weight excluding hydrogens is 260 g/mol. The standard InChI is InChI=1S/C14H30N2O2S/c1-4-5-7-11(2)14(16-15)12-8-6-9-13(10-12)19(3,17)18/h11-14,16H,4-10,15H2,1-3H3. The van der Waals surface area contributed by atoms with Crippen molar-refractivity contribution >= 4 is 9.84 Å². The topological polar surface area (TPSA) is 72.2 Å². The van der Waals surface area contributed by atoms with Gasteiger partial charge in [0.05, 0.1) is 5.25 Å². The van der Waals surface area contributed by atoms with E-state index in [9.17, 15) is 8.42 Å². The van der Waals surface area contributed by atoms with Crippen LogP contribution in [0.15, 0.2) is 0 Å². The molecule has 1 rings (SSSR count). The highest BCUT2D eigenvalue weighted by Gasteiger charge is 2.34. The highest BCUT2D eigenvalue weighted by molar-refractivity contribution is 7.91. The molecule has 0 radical (unpaired) electrons. The van der Waals surface area contributed by atoms with E-state index >= 15 is 0 Å². The van der Waals surface area contributed by atoms with E-state index in [4.69, 9.17) is 5.84 Å². The van der Waals surface area contributed by atoms with Crippen molar-refractivity contribution in [2.24, 2.45) is 17.7 Å². The van der Waals surface area contributed by atoms with E-state index in [2.05, 4.69) is 19.3 Å². The molecule has 4 unspecified atom stereocenters. The number of hydrazine groups is 1. The van der Waals surface area contributed by atoms with Crippen LogP contribution in [0.2, 0.25) is 0 Å². The molecule has 0 amide bonds. The Kier molecular flexibility index (Phi) is 6.77. The summed E-state index contributed by atoms with van der Waals surface area (Å²) in [7, 11) is -2.91. The Bertz CT molecular complexity index is 356. The molecule has 0 bridgehead atoms. The predicted molar refractivity (Wildman–Crippen MR) is 80.4 cm³/mol. The van der Waals surface area contributed by atoms with Gasteiger partial charge in [0.1, 0.15) is 9.84 Å². The fraction of sp³-hybridized carbons (Fsp3) is 1.00. The molecule has 4 atom stereocenters. The quantitative estimate of drug-likeness (QED) is 0.557. The molecule has 3 N–H and O–H groups in total. The Hall–Kier alpha value is -0.130. The van der Waals surface area contributed by atoms with Gasteiger partial charge in [-0.25, -0.2) is 8.42 Å². The Morgan fingerprint density at radius 3 is 2.58 bits per heavy atom. The largest absolute Gasteiger partial charge is 0.271 e. The minimum absolute atomic E-state index is 0.166. The second-order valence-corrected chi connectivity index (χ2v) is 8.52. The molecule has 5 heteroatoms. The van der Waals surface area contributed by atoms with Crippen molar-refractivity contribution in [2.75, 3.05) is 6.26 Å². The third-order valence-corrected chi connectivity index (χ3v) is 6.24. The van der Waals surface area contributed by atoms with Gasteiger partial charge in [-0.3, -0.25) is 11.3 Å². The third kappa shape index (κ3) is 5.04. The first-order chi connectivity index (χ1) is 8.90. The van der Waals surface area contributed by atoms with Crippen LogP contribution in [-0.2, 0) is 9.84 Å². The van der Waals surface area contributed by atoms with Crippen LogP contribution in [0.5, 0.6) is 0 Å². The first kappa shape index (κ1) is 16.9. The molecule has 19 heavy (non-hydrogen) atoms. The van der Waals surface area contributed by atoms with Crippen LogP contribution in [0, 0.1) is 11.8 Å². The van der Waals surface area contributed by atoms with E-state index in [0.29, 0.717) is 11.8 Å². The SMILES string of the molecule is CCCCC(C)C(NN)C1CCCC(S(C)(=O)=O)C1. The fourth-order valence-electron chi connectivity index (χ4n) is 3.37. The average Bonchev–Trinajstić information content (AvgIpc) is 2.36. The van der Waals surface area contributed by atoms with Crippen LogP contribution in [0.4, 0.5) is 0 Å². The van der Waals surface area contributed by atoms with Gasteiger partial charge in [-0.2, -0.15) is 0 Å². The zero-order valence-electron chi connectivity index (χ0n) is 12.6. The molecule has 1 saturated carbocycles. The smallest absolute Gasteiger partial charge is 0.150 e. The van der Waals surface area contributed by atoms with Gasteiger partial charge in [0, 0.05) is 12.3 Å². The van der Waals surface area contributed by atoms with E-state index < -0.39 is 9.84 Å². The second kappa shape index (κ2) is 7.60. The van der Waals surface area contributed by atoms with Gasteiger partial charge in [0.15, 0.2) is 0 Å². The number of hydrogen-bond donors (Lipinski definition) is 2. The third-order valence-electron chi connectivity index (χ3n) is 4.60. The molecule has 0 aromatic rings. The van der Waals surface area contributed by atoms with Crippen LogP contribution < -0.4 is 11.3 Å². The predicted octanol–water partition coefficient (Wildman–Crippen LogP) is 2.25. The van der Waals surface area contributed by atoms with E-state index in [0.717, 1.165) is 32.1 Å². The lowest BCUT2D eigenvalue weighted by atomic mass is 9.78. The maximum atomic E-state index is 11.7. The summed E-state index contributed by atoms with van der Waals surface area (Å²) in [5, 5.41) is -0.166. The number of nitrogens with two attached hydrogens (primary N) is 1. The zero-order valence-corrected chi connectivity index (χ0v) is 13.4. The second-order valence-electron chi connectivity index (χ2n) is 6.19. The van der Waals surface area contributed by atoms with Crippen LogP contribution in [0.25, 0.3) is 0 Å². The van der Waals surface area contributed by atoms with Crippen molar-refractivity contribution in [1.82, 2.24) is 5.43 Å². The van der Waals surface area contributed by atoms with Crippen molar-refractivity contribution in [3.05, 3.63) is 0 Å². The number of hydrogen-bond acceptors (Lipinski definition) is 4. The summed E-state index contributed by atoms with van der Waals surface area (Å²) in [5.74, 6) is 6.63. The van der Waals surface area contributed by atoms with Gasteiger partial charge in [-0.1, -0.05) is 33.1 Å². The number of unbranched alkanes of at least 4 members (excludes halogenated alkanes) is 1. The summed E-state index contributed by atoms with van der Waals surface area (Å²) in [6, 6.07) is 0.246. The van der Waals surface area contributed by atoms with Crippen LogP contribution in [-0.4, -0.2) is 26.0 Å². The van der Waals surface area contributed by atoms with Crippen molar-refractivity contribution in [2.45, 2.75) is 70.1 Å². The van der Waals surface area contributed by atoms with Crippen molar-refractivity contribution < 1.29 is 8.42 Å². The lowest BCUT2D eigenvalue weighted by molar-refractivity contribution is 0.208. The van der Waals surface area contributed by atoms with Gasteiger partial charge in [-0.15, -0.1) is 0 Å². The molecule has 0 aliphatic heterocycles. The van der Waals surface area contributed by atoms with Gasteiger partial charge in [-0.05, 0) is 37.5 Å². The molecule has 0 aromatic heterocycles. The Morgan fingerprint density at radius 2 is 2.05 bits per heavy atom. The lowest BCUT2D eigenvalue weighted by Gasteiger charge is -2.36. The monoisotopic (exact) mass is 290 g/mol. The number of sulfone groups is 1. The minimum Gasteiger partial charge on any atom is -0.271 e. The van der Waals surface area contributed by atoms with Crippen molar-refractivity contribution in [3.63, 3.8) is 0 Å². The highest BCUT2D eigenvalue weighted by Crippen LogP contribution is 2.33. The van der Waals surface area contributed by atoms with Crippen molar-refractivity contribution in [3.8, 4) is 0 Å². The molecular formula is C14H30N2O2S. The molecule has 1 aliphatic rings. The van der Waals surface area contributed by atoms with E-state index in [1.807, 2.05) is 0 Å². The maximum Gasteiger partial charge on any atom is 0.150 e. The van der Waals surface area contributed by atoms with E-state index in [1.165, 1.54) is 19.1 Å². The van der Waals surface area contributed by atoms with Crippen molar-refractivity contribution in [1.29, 1.82) is 0 Å². The van der Waals surface area contributed by atoms with E-state index in [1.54, 1.807) is 0 Å². The average molecular weight is 290 g/mol. The Morgan fingerprint density at radius 1 is 1.37 bits per heavy atom. The van der Waals surface area contributed by atoms with Gasteiger partial charge >= 0.3 is 0 Å². The minimum atomic E-state index is -2.91. The molecule has 1 aliphatic carbocycles. The van der Waals surface area contributed by atoms with Gasteiger partial charge < -0.3 is 0 Å². The molecule has 0 spiro atoms. The lowest BCUT2D eigenvalue weighted by Crippen LogP contribution is -2.47. The molecule has 114 valence electrons. The molecule has 4 nitrogen and oxygen atoms in total. The first-order valence-corrected chi connectivity index (χ1v) is 9.50. The fourth-order valence-corrected chi connectivity index (χ4v) is 4.56. The molecule has 0 aromatic carbocycles. The summed E-state index contributed by atoms with van der Waals surface area (Å²) in [5.41, 5.74) is 2.96. The first-order valence-electron chi connectivity index (χ1n) is 7.55. The highest BCUT2D eigenvalue weighted by atomic mass is 32.2. The normalized spacial score (nSPS) is 28.0. The summed E-state index contributed by atoms with van der Waals surface area (Å²) in [4.78, 5) is 0. The Labute approximate surface area is 118 Å². The van der Waals surface area contributed by atoms with Crippen LogP contribution in [0.1, 0.15) is 58.8 Å². The maximum absolute atomic E-state index is 11.7. The van der Waals surface area contributed by atoms with Gasteiger partial charge in [0.25, 0.3) is 0 Å².